The van der Waals surface area contributed by atoms with E-state index in [1.807, 2.05) is 55.6 Å². The van der Waals surface area contributed by atoms with Crippen LogP contribution in [-0.4, -0.2) is 88.2 Å². The van der Waals surface area contributed by atoms with Crippen LogP contribution >= 0.6 is 117 Å². The van der Waals surface area contributed by atoms with Crippen LogP contribution in [0.15, 0.2) is 263 Å². The lowest BCUT2D eigenvalue weighted by molar-refractivity contribution is 0.581. The minimum atomic E-state index is -0.696. The first-order valence-corrected chi connectivity index (χ1v) is 44.9. The Morgan fingerprint density at radius 2 is 0.788 bits per heavy atom. The molecule has 7 aromatic heterocycles. The van der Waals surface area contributed by atoms with Gasteiger partial charge in [-0.15, -0.1) is 0 Å². The van der Waals surface area contributed by atoms with Gasteiger partial charge in [0.2, 0.25) is 0 Å². The number of imidazole rings is 5. The zero-order valence-electron chi connectivity index (χ0n) is 64.7. The summed E-state index contributed by atoms with van der Waals surface area (Å²) in [5.41, 5.74) is 27.0. The number of benzene rings is 11. The number of pyridine rings is 1. The third-order valence-electron chi connectivity index (χ3n) is 19.2. The number of halogens is 7. The minimum Gasteiger partial charge on any atom is -0.351 e. The van der Waals surface area contributed by atoms with E-state index in [0.717, 1.165) is 198 Å². The molecule has 5 N–H and O–H groups in total. The first kappa shape index (κ1) is 82.9. The van der Waals surface area contributed by atoms with E-state index in [-0.39, 0.29) is 5.56 Å². The van der Waals surface area contributed by atoms with E-state index in [9.17, 15) is 8.78 Å². The molecule has 19 rings (SSSR count). The van der Waals surface area contributed by atoms with Crippen molar-refractivity contribution in [2.75, 3.05) is 28.8 Å². The van der Waals surface area contributed by atoms with Crippen molar-refractivity contribution >= 4 is 189 Å². The second-order valence-electron chi connectivity index (χ2n) is 27.0. The molecule has 18 aromatic rings. The number of fused-ring (bicyclic) bond motifs is 7. The van der Waals surface area contributed by atoms with Crippen molar-refractivity contribution in [1.29, 1.82) is 0 Å². The SMILES string of the molecule is CCSc1nc2cc(-c3ccc(-c4ccccc4)cc3)c(Cl)cc2[nH]1.CCSc1nc2cc(-c3ccc(-c4cccnc4)cc3)c(Cl)cc2[nH]1.CCSc1nc2cc(-c3ccc4c(c3)C=CC4)c(Cl)cc2[nH]1.CCSc1nc2cc(-c3ccc4c(ccn4C)c3)c(Cl)cc2[nH]1.CCSc1nc2cc(Cl)c(C#Cc3ccc(F)cc3F)cc2[nH]1. The smallest absolute Gasteiger partial charge is 0.166 e. The highest BCUT2D eigenvalue weighted by molar-refractivity contribution is 8.00. The van der Waals surface area contributed by atoms with Gasteiger partial charge in [-0.2, -0.15) is 0 Å². The van der Waals surface area contributed by atoms with E-state index in [2.05, 4.69) is 264 Å². The van der Waals surface area contributed by atoms with Crippen LogP contribution in [0.1, 0.15) is 56.9 Å². The Labute approximate surface area is 728 Å². The molecule has 0 aliphatic heterocycles. The molecule has 0 amide bonds. The largest absolute Gasteiger partial charge is 0.351 e. The molecule has 0 atom stereocenters. The predicted octanol–water partition coefficient (Wildman–Crippen LogP) is 28.8. The quantitative estimate of drug-likeness (QED) is 0.0463. The number of hydrogen-bond donors (Lipinski definition) is 5. The van der Waals surface area contributed by atoms with Crippen molar-refractivity contribution in [3.8, 4) is 78.6 Å². The van der Waals surface area contributed by atoms with Crippen molar-refractivity contribution < 1.29 is 8.78 Å². The summed E-state index contributed by atoms with van der Waals surface area (Å²) < 4.78 is 28.6. The van der Waals surface area contributed by atoms with Crippen LogP contribution in [-0.2, 0) is 13.5 Å². The molecule has 0 spiro atoms. The number of H-pyrrole nitrogens is 5. The molecule has 590 valence electrons. The summed E-state index contributed by atoms with van der Waals surface area (Å²) in [5.74, 6) is 9.04. The molecule has 11 aromatic carbocycles. The van der Waals surface area contributed by atoms with Crippen LogP contribution in [0.4, 0.5) is 8.78 Å². The Hall–Kier alpha value is -10.2. The van der Waals surface area contributed by atoms with Gasteiger partial charge in [0.15, 0.2) is 25.8 Å². The molecule has 0 unspecified atom stereocenters. The highest BCUT2D eigenvalue weighted by atomic mass is 35.5. The molecule has 1 aliphatic rings. The molecule has 0 saturated heterocycles. The average molecular weight is 1750 g/mol. The first-order chi connectivity index (χ1) is 57.4. The number of thioether (sulfide) groups is 5. The van der Waals surface area contributed by atoms with E-state index in [1.165, 1.54) is 45.3 Å². The number of hydrogen-bond acceptors (Lipinski definition) is 11. The minimum absolute atomic E-state index is 0.120. The second kappa shape index (κ2) is 38.3. The summed E-state index contributed by atoms with van der Waals surface area (Å²) in [6.45, 7) is 10.5. The molecule has 118 heavy (non-hydrogen) atoms. The van der Waals surface area contributed by atoms with Gasteiger partial charge in [0.05, 0.1) is 85.8 Å². The maximum Gasteiger partial charge on any atom is 0.166 e. The Morgan fingerprint density at radius 1 is 0.381 bits per heavy atom. The van der Waals surface area contributed by atoms with Gasteiger partial charge in [-0.3, -0.25) is 4.98 Å². The van der Waals surface area contributed by atoms with Gasteiger partial charge in [-0.05, 0) is 194 Å². The number of rotatable bonds is 16. The van der Waals surface area contributed by atoms with Gasteiger partial charge >= 0.3 is 0 Å². The predicted molar refractivity (Wildman–Crippen MR) is 499 cm³/mol. The highest BCUT2D eigenvalue weighted by Gasteiger charge is 2.18. The molecule has 24 heteroatoms. The van der Waals surface area contributed by atoms with Gasteiger partial charge in [-0.25, -0.2) is 33.7 Å². The van der Waals surface area contributed by atoms with E-state index >= 15 is 0 Å². The Balaban J connectivity index is 0.000000115. The molecular formula is C94H75Cl5F2N12S5. The molecule has 0 radical (unpaired) electrons. The van der Waals surface area contributed by atoms with Crippen molar-refractivity contribution in [3.05, 3.63) is 296 Å². The van der Waals surface area contributed by atoms with E-state index < -0.39 is 11.6 Å². The van der Waals surface area contributed by atoms with Crippen LogP contribution in [0.3, 0.4) is 0 Å². The first-order valence-electron chi connectivity index (χ1n) is 38.0. The van der Waals surface area contributed by atoms with Gasteiger partial charge in [-0.1, -0.05) is 279 Å². The summed E-state index contributed by atoms with van der Waals surface area (Å²) in [7, 11) is 2.05. The van der Waals surface area contributed by atoms with Crippen LogP contribution in [0.2, 0.25) is 25.1 Å². The Morgan fingerprint density at radius 3 is 1.25 bits per heavy atom. The zero-order valence-corrected chi connectivity index (χ0v) is 72.5. The van der Waals surface area contributed by atoms with Crippen molar-refractivity contribution in [2.24, 2.45) is 7.05 Å². The summed E-state index contributed by atoms with van der Waals surface area (Å²) >= 11 is 40.7. The number of aromatic amines is 5. The number of aromatic nitrogens is 12. The molecule has 0 saturated carbocycles. The molecule has 0 bridgehead atoms. The van der Waals surface area contributed by atoms with E-state index in [0.29, 0.717) is 10.6 Å². The summed E-state index contributed by atoms with van der Waals surface area (Å²) in [4.78, 5) is 43.6. The van der Waals surface area contributed by atoms with Gasteiger partial charge < -0.3 is 29.5 Å². The normalized spacial score (nSPS) is 11.5. The third-order valence-corrected chi connectivity index (χ3v) is 24.5. The van der Waals surface area contributed by atoms with Gasteiger partial charge in [0.1, 0.15) is 11.6 Å². The summed E-state index contributed by atoms with van der Waals surface area (Å²) in [6.07, 6.45) is 11.1. The van der Waals surface area contributed by atoms with Crippen molar-refractivity contribution in [2.45, 2.75) is 66.8 Å². The van der Waals surface area contributed by atoms with Gasteiger partial charge in [0.25, 0.3) is 0 Å². The van der Waals surface area contributed by atoms with Crippen LogP contribution in [0.25, 0.3) is 139 Å². The van der Waals surface area contributed by atoms with E-state index in [1.54, 1.807) is 77.1 Å². The Kier molecular flexibility index (Phi) is 26.9. The number of nitrogens with zero attached hydrogens (tertiary/aromatic N) is 7. The lowest BCUT2D eigenvalue weighted by atomic mass is 10.00. The second-order valence-corrected chi connectivity index (χ2v) is 35.3. The lowest BCUT2D eigenvalue weighted by Gasteiger charge is -2.07. The van der Waals surface area contributed by atoms with Crippen LogP contribution in [0, 0.1) is 23.5 Å². The standard InChI is InChI=1S/C21H17ClN2S.C20H16ClN3S.C18H16ClN3S.C18H15ClN2S.C17H11ClF2N2S/c1-2-25-21-23-19-12-17(18(22)13-20(19)24-21)16-10-8-15(9-11-16)14-6-4-3-5-7-14;1-2-25-20-23-18-10-16(17(21)11-19(18)24-20)14-7-5-13(6-8-14)15-4-3-9-22-12-15;1-3-23-18-20-15-9-13(14(19)10-16(15)21-18)11-4-5-17-12(8-11)6-7-22(17)2;1-2-22-18-20-16-9-14(15(19)10-17(16)21-18)13-7-6-11-4-3-5-12(11)8-13;1-2-23-17-21-15-7-11(13(18)9-16(15)22-17)4-3-10-5-6-12(19)8-14(10)20/h3-13H,2H2,1H3,(H,23,24);3-12H,2H2,1H3,(H,23,24);4-10H,3H2,1-2H3,(H,20,21);3,5-10H,2,4H2,1H3,(H,20,21);5-9H,2H2,1H3,(H,21,22). The fourth-order valence-corrected chi connectivity index (χ4v) is 17.9. The fraction of sp³-hybridized carbons (Fsp3) is 0.128. The maximum absolute atomic E-state index is 13.6. The topological polar surface area (TPSA) is 161 Å². The molecule has 7 heterocycles. The summed E-state index contributed by atoms with van der Waals surface area (Å²) in [6, 6.07) is 69.2. The highest BCUT2D eigenvalue weighted by Crippen LogP contribution is 2.40. The number of allylic oxidation sites excluding steroid dienone is 1. The Bertz CT molecular complexity index is 6580. The van der Waals surface area contributed by atoms with Crippen LogP contribution in [0.5, 0.6) is 0 Å². The number of aryl methyl sites for hydroxylation is 1. The van der Waals surface area contributed by atoms with E-state index in [4.69, 9.17) is 58.0 Å². The summed E-state index contributed by atoms with van der Waals surface area (Å²) in [5, 5.41) is 9.16. The molecule has 12 nitrogen and oxygen atoms in total. The molecular weight excluding hydrogens is 1670 g/mol. The lowest BCUT2D eigenvalue weighted by Crippen LogP contribution is -1.86. The maximum atomic E-state index is 13.6. The third kappa shape index (κ3) is 19.6. The van der Waals surface area contributed by atoms with Gasteiger partial charge in [0, 0.05) is 70.4 Å². The fourth-order valence-electron chi connectivity index (χ4n) is 13.5. The zero-order chi connectivity index (χ0) is 81.9. The number of nitrogens with one attached hydrogen (secondary N) is 5. The van der Waals surface area contributed by atoms with Crippen molar-refractivity contribution in [3.63, 3.8) is 0 Å². The average Bonchev–Trinajstić information content (AvgIpc) is 1.62. The van der Waals surface area contributed by atoms with Crippen molar-refractivity contribution in [1.82, 2.24) is 59.4 Å². The monoisotopic (exact) mass is 1740 g/mol. The molecule has 0 fully saturated rings. The molecule has 1 aliphatic carbocycles. The van der Waals surface area contributed by atoms with Crippen LogP contribution < -0.4 is 0 Å².